The molecule has 0 aliphatic heterocycles. The molecule has 0 aromatic heterocycles. The smallest absolute Gasteiger partial charge is 0.251 e. The summed E-state index contributed by atoms with van der Waals surface area (Å²) in [5, 5.41) is 4.23. The van der Waals surface area contributed by atoms with Crippen LogP contribution in [0, 0.1) is 0 Å². The highest BCUT2D eigenvalue weighted by Crippen LogP contribution is 2.20. The molecule has 114 valence electrons. The molecule has 2 rings (SSSR count). The lowest BCUT2D eigenvalue weighted by molar-refractivity contribution is -0.115. The monoisotopic (exact) mass is 310 g/mol. The van der Waals surface area contributed by atoms with Gasteiger partial charge in [-0.1, -0.05) is 6.07 Å². The van der Waals surface area contributed by atoms with Crippen molar-refractivity contribution in [3.05, 3.63) is 29.8 Å². The van der Waals surface area contributed by atoms with Gasteiger partial charge in [0.1, 0.15) is 5.25 Å². The van der Waals surface area contributed by atoms with Crippen LogP contribution in [0.2, 0.25) is 0 Å². The molecule has 1 unspecified atom stereocenters. The van der Waals surface area contributed by atoms with Crippen molar-refractivity contribution in [2.24, 2.45) is 0 Å². The highest BCUT2D eigenvalue weighted by molar-refractivity contribution is 7.92. The Bertz CT molecular complexity index is 665. The zero-order valence-electron chi connectivity index (χ0n) is 11.9. The van der Waals surface area contributed by atoms with Gasteiger partial charge in [-0.15, -0.1) is 0 Å². The van der Waals surface area contributed by atoms with Crippen LogP contribution in [0.5, 0.6) is 0 Å². The summed E-state index contributed by atoms with van der Waals surface area (Å²) in [7, 11) is -3.45. The van der Waals surface area contributed by atoms with Crippen LogP contribution < -0.4 is 10.6 Å². The Morgan fingerprint density at radius 3 is 2.52 bits per heavy atom. The summed E-state index contributed by atoms with van der Waals surface area (Å²) < 4.78 is 22.7. The summed E-state index contributed by atoms with van der Waals surface area (Å²) in [5.74, 6) is -0.804. The van der Waals surface area contributed by atoms with Crippen LogP contribution in [0.1, 0.15) is 30.1 Å². The number of hydrogen-bond acceptors (Lipinski definition) is 4. The van der Waals surface area contributed by atoms with Gasteiger partial charge in [0.2, 0.25) is 5.91 Å². The molecule has 1 atom stereocenters. The number of hydrogen-bond donors (Lipinski definition) is 2. The van der Waals surface area contributed by atoms with Gasteiger partial charge in [-0.05, 0) is 38.0 Å². The van der Waals surface area contributed by atoms with Gasteiger partial charge in [0, 0.05) is 23.5 Å². The molecule has 2 N–H and O–H groups in total. The van der Waals surface area contributed by atoms with Crippen molar-refractivity contribution in [2.75, 3.05) is 11.6 Å². The number of amides is 2. The number of rotatable bonds is 5. The molecular weight excluding hydrogens is 292 g/mol. The first kappa shape index (κ1) is 15.5. The highest BCUT2D eigenvalue weighted by atomic mass is 32.2. The van der Waals surface area contributed by atoms with E-state index in [9.17, 15) is 18.0 Å². The molecule has 7 heteroatoms. The summed E-state index contributed by atoms with van der Waals surface area (Å²) in [6.07, 6.45) is 3.00. The number of carbonyl (C=O) groups excluding carboxylic acids is 2. The van der Waals surface area contributed by atoms with Gasteiger partial charge in [-0.3, -0.25) is 9.59 Å². The first-order valence-electron chi connectivity index (χ1n) is 6.68. The van der Waals surface area contributed by atoms with E-state index in [-0.39, 0.29) is 11.9 Å². The second-order valence-electron chi connectivity index (χ2n) is 5.29. The molecular formula is C14H18N2O4S. The first-order valence-corrected chi connectivity index (χ1v) is 8.63. The van der Waals surface area contributed by atoms with E-state index in [4.69, 9.17) is 0 Å². The third-order valence-electron chi connectivity index (χ3n) is 3.32. The van der Waals surface area contributed by atoms with Crippen molar-refractivity contribution in [2.45, 2.75) is 31.1 Å². The van der Waals surface area contributed by atoms with Gasteiger partial charge in [-0.25, -0.2) is 8.42 Å². The summed E-state index contributed by atoms with van der Waals surface area (Å²) in [4.78, 5) is 23.7. The van der Waals surface area contributed by atoms with E-state index >= 15 is 0 Å². The third kappa shape index (κ3) is 4.29. The SMILES string of the molecule is CC(C(=O)Nc1cccc(C(=O)NC2CC2)c1)S(C)(=O)=O. The van der Waals surface area contributed by atoms with Crippen LogP contribution in [0.25, 0.3) is 0 Å². The molecule has 1 aromatic carbocycles. The molecule has 1 aromatic rings. The van der Waals surface area contributed by atoms with Crippen molar-refractivity contribution >= 4 is 27.3 Å². The summed E-state index contributed by atoms with van der Waals surface area (Å²) in [6, 6.07) is 6.68. The quantitative estimate of drug-likeness (QED) is 0.847. The molecule has 6 nitrogen and oxygen atoms in total. The molecule has 1 fully saturated rings. The normalized spacial score (nSPS) is 16.1. The van der Waals surface area contributed by atoms with E-state index in [0.29, 0.717) is 11.3 Å². The highest BCUT2D eigenvalue weighted by Gasteiger charge is 2.25. The van der Waals surface area contributed by atoms with Crippen molar-refractivity contribution in [3.63, 3.8) is 0 Å². The molecule has 1 saturated carbocycles. The molecule has 0 saturated heterocycles. The van der Waals surface area contributed by atoms with Crippen molar-refractivity contribution < 1.29 is 18.0 Å². The number of nitrogens with one attached hydrogen (secondary N) is 2. The minimum atomic E-state index is -3.45. The summed E-state index contributed by atoms with van der Waals surface area (Å²) in [6.45, 7) is 1.33. The van der Waals surface area contributed by atoms with E-state index in [1.807, 2.05) is 0 Å². The van der Waals surface area contributed by atoms with Crippen molar-refractivity contribution in [1.82, 2.24) is 5.32 Å². The minimum absolute atomic E-state index is 0.190. The van der Waals surface area contributed by atoms with Gasteiger partial charge in [-0.2, -0.15) is 0 Å². The van der Waals surface area contributed by atoms with Crippen LogP contribution in [0.3, 0.4) is 0 Å². The summed E-state index contributed by atoms with van der Waals surface area (Å²) >= 11 is 0. The van der Waals surface area contributed by atoms with Crippen LogP contribution in [-0.4, -0.2) is 37.8 Å². The van der Waals surface area contributed by atoms with E-state index in [2.05, 4.69) is 10.6 Å². The molecule has 0 heterocycles. The largest absolute Gasteiger partial charge is 0.349 e. The second kappa shape index (κ2) is 5.85. The van der Waals surface area contributed by atoms with Crippen molar-refractivity contribution in [3.8, 4) is 0 Å². The number of benzene rings is 1. The fourth-order valence-electron chi connectivity index (χ4n) is 1.67. The van der Waals surface area contributed by atoms with Crippen LogP contribution in [-0.2, 0) is 14.6 Å². The maximum absolute atomic E-state index is 11.9. The predicted molar refractivity (Wildman–Crippen MR) is 79.9 cm³/mol. The number of sulfone groups is 1. The van der Waals surface area contributed by atoms with Gasteiger partial charge in [0.05, 0.1) is 0 Å². The summed E-state index contributed by atoms with van der Waals surface area (Å²) in [5.41, 5.74) is 0.839. The van der Waals surface area contributed by atoms with Crippen LogP contribution >= 0.6 is 0 Å². The van der Waals surface area contributed by atoms with Gasteiger partial charge < -0.3 is 10.6 Å². The molecule has 2 amide bonds. The zero-order chi connectivity index (χ0) is 15.6. The van der Waals surface area contributed by atoms with Crippen LogP contribution in [0.15, 0.2) is 24.3 Å². The first-order chi connectivity index (χ1) is 9.77. The minimum Gasteiger partial charge on any atom is -0.349 e. The van der Waals surface area contributed by atoms with Crippen molar-refractivity contribution in [1.29, 1.82) is 0 Å². The average Bonchev–Trinajstić information content (AvgIpc) is 3.21. The van der Waals surface area contributed by atoms with E-state index in [1.54, 1.807) is 18.2 Å². The van der Waals surface area contributed by atoms with E-state index in [1.165, 1.54) is 13.0 Å². The van der Waals surface area contributed by atoms with E-state index < -0.39 is 21.0 Å². The molecule has 21 heavy (non-hydrogen) atoms. The number of carbonyl (C=O) groups is 2. The Morgan fingerprint density at radius 2 is 1.95 bits per heavy atom. The Hall–Kier alpha value is -1.89. The Labute approximate surface area is 123 Å². The lowest BCUT2D eigenvalue weighted by Gasteiger charge is -2.11. The average molecular weight is 310 g/mol. The zero-order valence-corrected chi connectivity index (χ0v) is 12.7. The van der Waals surface area contributed by atoms with Gasteiger partial charge >= 0.3 is 0 Å². The molecule has 0 spiro atoms. The molecule has 1 aliphatic carbocycles. The lowest BCUT2D eigenvalue weighted by Crippen LogP contribution is -2.32. The maximum atomic E-state index is 11.9. The predicted octanol–water partition coefficient (Wildman–Crippen LogP) is 0.950. The Balaban J connectivity index is 2.06. The third-order valence-corrected chi connectivity index (χ3v) is 4.81. The fourth-order valence-corrected chi connectivity index (χ4v) is 2.12. The molecule has 0 bridgehead atoms. The maximum Gasteiger partial charge on any atom is 0.251 e. The van der Waals surface area contributed by atoms with E-state index in [0.717, 1.165) is 19.1 Å². The Morgan fingerprint density at radius 1 is 1.29 bits per heavy atom. The second-order valence-corrected chi connectivity index (χ2v) is 7.66. The number of anilines is 1. The van der Waals surface area contributed by atoms with Crippen LogP contribution in [0.4, 0.5) is 5.69 Å². The molecule has 0 radical (unpaired) electrons. The molecule has 1 aliphatic rings. The topological polar surface area (TPSA) is 92.3 Å². The van der Waals surface area contributed by atoms with Gasteiger partial charge in [0.15, 0.2) is 9.84 Å². The Kier molecular flexibility index (Phi) is 4.32. The fraction of sp³-hybridized carbons (Fsp3) is 0.429. The van der Waals surface area contributed by atoms with Gasteiger partial charge in [0.25, 0.3) is 5.91 Å². The standard InChI is InChI=1S/C14H18N2O4S/c1-9(21(2,19)20)13(17)16-12-5-3-4-10(8-12)14(18)15-11-6-7-11/h3-5,8-9,11H,6-7H2,1-2H3,(H,15,18)(H,16,17). The lowest BCUT2D eigenvalue weighted by atomic mass is 10.2.